The Morgan fingerprint density at radius 3 is 2.11 bits per heavy atom. The predicted octanol–water partition coefficient (Wildman–Crippen LogP) is 4.08. The second-order valence-corrected chi connectivity index (χ2v) is 7.23. The van der Waals surface area contributed by atoms with Gasteiger partial charge in [0.05, 0.1) is 25.4 Å². The molecule has 0 aliphatic rings. The number of carbonyl (C=O) groups is 1. The number of aliphatic hydroxyl groups excluding tert-OH is 2. The third-order valence-corrected chi connectivity index (χ3v) is 4.53. The number of methoxy groups -OCH3 is 1. The van der Waals surface area contributed by atoms with Crippen LogP contribution in [0, 0.1) is 0 Å². The van der Waals surface area contributed by atoms with E-state index in [4.69, 9.17) is 4.74 Å². The van der Waals surface area contributed by atoms with Crippen LogP contribution in [-0.2, 0) is 12.8 Å². The Morgan fingerprint density at radius 1 is 1.07 bits per heavy atom. The van der Waals surface area contributed by atoms with E-state index in [2.05, 4.69) is 0 Å². The van der Waals surface area contributed by atoms with E-state index in [-0.39, 0.29) is 12.2 Å². The van der Waals surface area contributed by atoms with Crippen molar-refractivity contribution in [1.82, 2.24) is 0 Å². The fourth-order valence-corrected chi connectivity index (χ4v) is 2.73. The van der Waals surface area contributed by atoms with Gasteiger partial charge in [-0.25, -0.2) is 4.79 Å². The Hall–Kier alpha value is -2.37. The average Bonchev–Trinajstić information content (AvgIpc) is 2.67. The van der Waals surface area contributed by atoms with Crippen LogP contribution < -0.4 is 4.74 Å². The Kier molecular flexibility index (Phi) is 9.69. The number of hydrogen-bond acceptors (Lipinski definition) is 4. The third-order valence-electron chi connectivity index (χ3n) is 4.53. The van der Waals surface area contributed by atoms with Gasteiger partial charge in [0.1, 0.15) is 5.75 Å². The smallest absolute Gasteiger partial charge is 0.335 e. The van der Waals surface area contributed by atoms with Crippen molar-refractivity contribution in [3.05, 3.63) is 63.8 Å². The summed E-state index contributed by atoms with van der Waals surface area (Å²) in [6.45, 7) is 7.62. The maximum atomic E-state index is 11.5. The fraction of sp³-hybridized carbons (Fsp3) is 0.435. The van der Waals surface area contributed by atoms with Gasteiger partial charge in [0.25, 0.3) is 0 Å². The standard InChI is InChI=1S/C23H32O5/c1-15(2)6-11-21(25)17(4)8-10-19-13-20(23(26)27)12-18(22(19)28-5)9-7-16(3)14-24/h6-8,12-13,21,24-25H,9-11,14H2,1-5H3,(H,26,27)/t21-/m1/s1. The highest BCUT2D eigenvalue weighted by atomic mass is 16.5. The monoisotopic (exact) mass is 388 g/mol. The van der Waals surface area contributed by atoms with E-state index in [9.17, 15) is 20.1 Å². The first-order chi connectivity index (χ1) is 13.2. The molecule has 0 spiro atoms. The first-order valence-corrected chi connectivity index (χ1v) is 9.37. The number of carboxylic acids is 1. The molecule has 1 aromatic carbocycles. The molecule has 0 amide bonds. The van der Waals surface area contributed by atoms with Crippen molar-refractivity contribution >= 4 is 5.97 Å². The van der Waals surface area contributed by atoms with Gasteiger partial charge in [-0.2, -0.15) is 0 Å². The van der Waals surface area contributed by atoms with E-state index in [0.29, 0.717) is 25.0 Å². The zero-order valence-corrected chi connectivity index (χ0v) is 17.5. The van der Waals surface area contributed by atoms with E-state index in [1.165, 1.54) is 0 Å². The van der Waals surface area contributed by atoms with Crippen molar-refractivity contribution in [3.8, 4) is 5.75 Å². The summed E-state index contributed by atoms with van der Waals surface area (Å²) in [5.74, 6) is -0.368. The van der Waals surface area contributed by atoms with Gasteiger partial charge < -0.3 is 20.1 Å². The number of ether oxygens (including phenoxy) is 1. The number of rotatable bonds is 10. The third kappa shape index (κ3) is 7.33. The normalized spacial score (nSPS) is 13.2. The van der Waals surface area contributed by atoms with Gasteiger partial charge in [-0.05, 0) is 75.8 Å². The molecule has 0 bridgehead atoms. The zero-order chi connectivity index (χ0) is 21.3. The van der Waals surface area contributed by atoms with Crippen LogP contribution in [0.5, 0.6) is 5.75 Å². The van der Waals surface area contributed by atoms with E-state index >= 15 is 0 Å². The molecule has 0 heterocycles. The van der Waals surface area contributed by atoms with Crippen LogP contribution in [0.25, 0.3) is 0 Å². The molecule has 0 saturated heterocycles. The van der Waals surface area contributed by atoms with Gasteiger partial charge in [0.2, 0.25) is 0 Å². The molecule has 3 N–H and O–H groups in total. The van der Waals surface area contributed by atoms with Crippen LogP contribution >= 0.6 is 0 Å². The molecule has 0 aliphatic heterocycles. The van der Waals surface area contributed by atoms with Crippen molar-refractivity contribution in [3.63, 3.8) is 0 Å². The minimum atomic E-state index is -1.00. The van der Waals surface area contributed by atoms with Crippen molar-refractivity contribution in [2.75, 3.05) is 13.7 Å². The SMILES string of the molecule is COc1c(CC=C(C)CO)cc(C(=O)O)cc1CC=C(C)[C@H](O)CC=C(C)C. The van der Waals surface area contributed by atoms with Gasteiger partial charge in [0.15, 0.2) is 0 Å². The number of aromatic carboxylic acids is 1. The lowest BCUT2D eigenvalue weighted by molar-refractivity contribution is 0.0696. The topological polar surface area (TPSA) is 87.0 Å². The van der Waals surface area contributed by atoms with Crippen LogP contribution in [0.2, 0.25) is 0 Å². The van der Waals surface area contributed by atoms with Crippen LogP contribution in [0.4, 0.5) is 0 Å². The molecule has 1 rings (SSSR count). The molecule has 28 heavy (non-hydrogen) atoms. The lowest BCUT2D eigenvalue weighted by atomic mass is 9.97. The second-order valence-electron chi connectivity index (χ2n) is 7.23. The summed E-state index contributed by atoms with van der Waals surface area (Å²) < 4.78 is 5.56. The number of carboxylic acid groups (broad SMARTS) is 1. The molecule has 5 nitrogen and oxygen atoms in total. The highest BCUT2D eigenvalue weighted by molar-refractivity contribution is 5.88. The number of allylic oxidation sites excluding steroid dienone is 3. The first-order valence-electron chi connectivity index (χ1n) is 9.37. The van der Waals surface area contributed by atoms with E-state index in [1.807, 2.05) is 45.9 Å². The maximum absolute atomic E-state index is 11.5. The quantitative estimate of drug-likeness (QED) is 0.526. The molecule has 0 fully saturated rings. The predicted molar refractivity (Wildman–Crippen MR) is 112 cm³/mol. The van der Waals surface area contributed by atoms with Crippen molar-refractivity contribution in [1.29, 1.82) is 0 Å². The van der Waals surface area contributed by atoms with Crippen LogP contribution in [0.1, 0.15) is 55.6 Å². The molecule has 1 aromatic rings. The second kappa shape index (κ2) is 11.5. The van der Waals surface area contributed by atoms with Gasteiger partial charge in [-0.1, -0.05) is 29.4 Å². The molecule has 0 aliphatic carbocycles. The largest absolute Gasteiger partial charge is 0.496 e. The van der Waals surface area contributed by atoms with Crippen LogP contribution in [-0.4, -0.2) is 41.1 Å². The Labute approximate surface area is 167 Å². The number of hydrogen-bond donors (Lipinski definition) is 3. The van der Waals surface area contributed by atoms with Gasteiger partial charge in [-0.3, -0.25) is 0 Å². The van der Waals surface area contributed by atoms with Gasteiger partial charge in [0, 0.05) is 0 Å². The van der Waals surface area contributed by atoms with E-state index in [1.54, 1.807) is 19.2 Å². The molecule has 5 heteroatoms. The molecule has 0 saturated carbocycles. The minimum Gasteiger partial charge on any atom is -0.496 e. The number of benzene rings is 1. The summed E-state index contributed by atoms with van der Waals surface area (Å²) in [7, 11) is 1.56. The Bertz CT molecular complexity index is 767. The molecular formula is C23H32O5. The summed E-state index contributed by atoms with van der Waals surface area (Å²) in [5.41, 5.74) is 4.48. The number of aliphatic hydroxyl groups is 2. The van der Waals surface area contributed by atoms with Crippen LogP contribution in [0.15, 0.2) is 47.1 Å². The maximum Gasteiger partial charge on any atom is 0.335 e. The van der Waals surface area contributed by atoms with Crippen molar-refractivity contribution < 1.29 is 24.9 Å². The highest BCUT2D eigenvalue weighted by Gasteiger charge is 2.15. The molecule has 0 aromatic heterocycles. The van der Waals surface area contributed by atoms with Crippen LogP contribution in [0.3, 0.4) is 0 Å². The average molecular weight is 389 g/mol. The summed E-state index contributed by atoms with van der Waals surface area (Å²) >= 11 is 0. The summed E-state index contributed by atoms with van der Waals surface area (Å²) in [4.78, 5) is 11.5. The van der Waals surface area contributed by atoms with Gasteiger partial charge in [-0.15, -0.1) is 0 Å². The zero-order valence-electron chi connectivity index (χ0n) is 17.5. The van der Waals surface area contributed by atoms with Gasteiger partial charge >= 0.3 is 5.97 Å². The minimum absolute atomic E-state index is 0.0424. The lowest BCUT2D eigenvalue weighted by Crippen LogP contribution is -2.08. The molecule has 0 radical (unpaired) electrons. The molecule has 1 atom stereocenters. The van der Waals surface area contributed by atoms with E-state index in [0.717, 1.165) is 27.8 Å². The van der Waals surface area contributed by atoms with Crippen molar-refractivity contribution in [2.45, 2.75) is 53.1 Å². The molecule has 154 valence electrons. The fourth-order valence-electron chi connectivity index (χ4n) is 2.73. The molecule has 0 unspecified atom stereocenters. The Morgan fingerprint density at radius 2 is 1.64 bits per heavy atom. The summed E-state index contributed by atoms with van der Waals surface area (Å²) in [6, 6.07) is 3.21. The summed E-state index contributed by atoms with van der Waals surface area (Å²) in [6.07, 6.45) is 6.66. The summed E-state index contributed by atoms with van der Waals surface area (Å²) in [5, 5.41) is 28.9. The first kappa shape index (κ1) is 23.7. The Balaban J connectivity index is 3.21. The lowest BCUT2D eigenvalue weighted by Gasteiger charge is -2.15. The molecular weight excluding hydrogens is 356 g/mol. The highest BCUT2D eigenvalue weighted by Crippen LogP contribution is 2.28. The van der Waals surface area contributed by atoms with E-state index < -0.39 is 12.1 Å². The van der Waals surface area contributed by atoms with Crippen molar-refractivity contribution in [2.24, 2.45) is 0 Å².